The summed E-state index contributed by atoms with van der Waals surface area (Å²) in [5.74, 6) is 0.947. The van der Waals surface area contributed by atoms with Gasteiger partial charge in [0.15, 0.2) is 4.34 Å². The van der Waals surface area contributed by atoms with Gasteiger partial charge in [0.25, 0.3) is 0 Å². The van der Waals surface area contributed by atoms with Crippen molar-refractivity contribution in [1.29, 1.82) is 0 Å². The molecule has 0 N–H and O–H groups in total. The Labute approximate surface area is 154 Å². The second kappa shape index (κ2) is 6.28. The Bertz CT molecular complexity index is 980. The van der Waals surface area contributed by atoms with E-state index in [0.717, 1.165) is 26.5 Å². The fraction of sp³-hybridized carbons (Fsp3) is 0.211. The van der Waals surface area contributed by atoms with E-state index in [1.165, 1.54) is 4.70 Å². The first-order chi connectivity index (χ1) is 12.0. The van der Waals surface area contributed by atoms with Gasteiger partial charge in [-0.3, -0.25) is 4.57 Å². The monoisotopic (exact) mass is 366 g/mol. The second-order valence-corrected chi connectivity index (χ2v) is 9.02. The summed E-state index contributed by atoms with van der Waals surface area (Å²) in [7, 11) is 0. The summed E-state index contributed by atoms with van der Waals surface area (Å²) < 4.78 is 4.30. The number of hydrogen-bond donors (Lipinski definition) is 0. The number of aromatic nitrogens is 4. The van der Waals surface area contributed by atoms with Gasteiger partial charge in [-0.05, 0) is 36.0 Å². The predicted octanol–water partition coefficient (Wildman–Crippen LogP) is 5.33. The van der Waals surface area contributed by atoms with E-state index in [-0.39, 0.29) is 5.41 Å². The molecule has 4 aromatic rings. The van der Waals surface area contributed by atoms with Gasteiger partial charge in [-0.15, -0.1) is 21.5 Å². The number of rotatable bonds is 3. The van der Waals surface area contributed by atoms with Gasteiger partial charge >= 0.3 is 0 Å². The van der Waals surface area contributed by atoms with Crippen molar-refractivity contribution in [3.63, 3.8) is 0 Å². The molecule has 0 saturated heterocycles. The summed E-state index contributed by atoms with van der Waals surface area (Å²) in [5, 5.41) is 9.79. The van der Waals surface area contributed by atoms with E-state index in [4.69, 9.17) is 4.98 Å². The first-order valence-electron chi connectivity index (χ1n) is 8.07. The number of fused-ring (bicyclic) bond motifs is 1. The van der Waals surface area contributed by atoms with Gasteiger partial charge < -0.3 is 0 Å². The fourth-order valence-corrected chi connectivity index (χ4v) is 4.63. The van der Waals surface area contributed by atoms with Gasteiger partial charge in [-0.1, -0.05) is 51.1 Å². The molecule has 2 aromatic heterocycles. The molecule has 0 spiro atoms. The fourth-order valence-electron chi connectivity index (χ4n) is 2.60. The normalized spacial score (nSPS) is 12.0. The van der Waals surface area contributed by atoms with E-state index >= 15 is 0 Å². The third kappa shape index (κ3) is 3.19. The van der Waals surface area contributed by atoms with Crippen molar-refractivity contribution < 1.29 is 0 Å². The lowest BCUT2D eigenvalue weighted by atomic mass is 9.95. The van der Waals surface area contributed by atoms with Crippen LogP contribution in [0.5, 0.6) is 0 Å². The van der Waals surface area contributed by atoms with Crippen LogP contribution in [-0.4, -0.2) is 19.7 Å². The highest BCUT2D eigenvalue weighted by atomic mass is 32.2. The highest BCUT2D eigenvalue weighted by Gasteiger charge is 2.25. The van der Waals surface area contributed by atoms with E-state index < -0.39 is 0 Å². The lowest BCUT2D eigenvalue weighted by Gasteiger charge is -2.19. The molecule has 0 saturated carbocycles. The Hall–Kier alpha value is -2.18. The standard InChI is InChI=1S/C19H18N4S2/c1-19(2,3)16-21-22-17(23(16)13-9-5-4-6-10-13)25-18-20-14-11-7-8-12-15(14)24-18/h4-12H,1-3H3. The lowest BCUT2D eigenvalue weighted by Crippen LogP contribution is -2.18. The summed E-state index contributed by atoms with van der Waals surface area (Å²) in [4.78, 5) is 4.71. The molecule has 0 aliphatic rings. The minimum Gasteiger partial charge on any atom is -0.273 e. The minimum absolute atomic E-state index is 0.102. The Morgan fingerprint density at radius 2 is 1.64 bits per heavy atom. The molecular weight excluding hydrogens is 348 g/mol. The third-order valence-electron chi connectivity index (χ3n) is 3.77. The molecule has 4 nitrogen and oxygen atoms in total. The molecule has 0 aliphatic heterocycles. The van der Waals surface area contributed by atoms with E-state index in [1.807, 2.05) is 36.4 Å². The Morgan fingerprint density at radius 1 is 0.920 bits per heavy atom. The van der Waals surface area contributed by atoms with Gasteiger partial charge in [0.1, 0.15) is 5.82 Å². The summed E-state index contributed by atoms with van der Waals surface area (Å²) >= 11 is 3.25. The Morgan fingerprint density at radius 3 is 2.36 bits per heavy atom. The molecule has 2 aromatic carbocycles. The van der Waals surface area contributed by atoms with Crippen LogP contribution in [0.2, 0.25) is 0 Å². The molecule has 0 radical (unpaired) electrons. The van der Waals surface area contributed by atoms with Gasteiger partial charge in [-0.25, -0.2) is 4.98 Å². The van der Waals surface area contributed by atoms with E-state index in [1.54, 1.807) is 23.1 Å². The van der Waals surface area contributed by atoms with Crippen molar-refractivity contribution in [2.24, 2.45) is 0 Å². The maximum Gasteiger partial charge on any atom is 0.202 e. The van der Waals surface area contributed by atoms with E-state index in [0.29, 0.717) is 0 Å². The van der Waals surface area contributed by atoms with E-state index in [9.17, 15) is 0 Å². The van der Waals surface area contributed by atoms with E-state index in [2.05, 4.69) is 53.7 Å². The van der Waals surface area contributed by atoms with Gasteiger partial charge in [-0.2, -0.15) is 0 Å². The van der Waals surface area contributed by atoms with Gasteiger partial charge in [0.05, 0.1) is 10.2 Å². The first-order valence-corrected chi connectivity index (χ1v) is 9.70. The summed E-state index contributed by atoms with van der Waals surface area (Å²) in [5.41, 5.74) is 1.99. The van der Waals surface area contributed by atoms with Crippen molar-refractivity contribution in [1.82, 2.24) is 19.7 Å². The first kappa shape index (κ1) is 16.3. The molecule has 2 heterocycles. The topological polar surface area (TPSA) is 43.6 Å². The van der Waals surface area contributed by atoms with Crippen LogP contribution in [0, 0.1) is 0 Å². The zero-order chi connectivity index (χ0) is 17.4. The second-order valence-electron chi connectivity index (χ2n) is 6.78. The quantitative estimate of drug-likeness (QED) is 0.492. The lowest BCUT2D eigenvalue weighted by molar-refractivity contribution is 0.529. The molecule has 0 fully saturated rings. The van der Waals surface area contributed by atoms with Crippen molar-refractivity contribution in [2.45, 2.75) is 35.7 Å². The highest BCUT2D eigenvalue weighted by Crippen LogP contribution is 2.36. The molecule has 0 aliphatic carbocycles. The molecule has 6 heteroatoms. The van der Waals surface area contributed by atoms with Crippen molar-refractivity contribution in [3.05, 3.63) is 60.4 Å². The molecule has 0 unspecified atom stereocenters. The minimum atomic E-state index is -0.102. The zero-order valence-corrected chi connectivity index (χ0v) is 15.9. The summed E-state index contributed by atoms with van der Waals surface area (Å²) in [6.45, 7) is 6.47. The number of hydrogen-bond acceptors (Lipinski definition) is 5. The van der Waals surface area contributed by atoms with Crippen LogP contribution in [0.3, 0.4) is 0 Å². The molecule has 0 bridgehead atoms. The summed E-state index contributed by atoms with van der Waals surface area (Å²) in [6, 6.07) is 18.5. The van der Waals surface area contributed by atoms with Crippen LogP contribution in [0.1, 0.15) is 26.6 Å². The number of benzene rings is 2. The van der Waals surface area contributed by atoms with Crippen LogP contribution in [0.4, 0.5) is 0 Å². The predicted molar refractivity (Wildman–Crippen MR) is 104 cm³/mol. The van der Waals surface area contributed by atoms with Crippen molar-refractivity contribution in [3.8, 4) is 5.69 Å². The van der Waals surface area contributed by atoms with Crippen LogP contribution < -0.4 is 0 Å². The maximum absolute atomic E-state index is 4.71. The van der Waals surface area contributed by atoms with Crippen LogP contribution in [0.15, 0.2) is 64.1 Å². The molecular formula is C19H18N4S2. The molecule has 25 heavy (non-hydrogen) atoms. The van der Waals surface area contributed by atoms with Crippen LogP contribution in [0.25, 0.3) is 15.9 Å². The number of para-hydroxylation sites is 2. The van der Waals surface area contributed by atoms with Crippen molar-refractivity contribution in [2.75, 3.05) is 0 Å². The van der Waals surface area contributed by atoms with Gasteiger partial charge in [0.2, 0.25) is 5.16 Å². The smallest absolute Gasteiger partial charge is 0.202 e. The SMILES string of the molecule is CC(C)(C)c1nnc(Sc2nc3ccccc3s2)n1-c1ccccc1. The van der Waals surface area contributed by atoms with Crippen LogP contribution >= 0.6 is 23.1 Å². The highest BCUT2D eigenvalue weighted by molar-refractivity contribution is 8.01. The average molecular weight is 367 g/mol. The van der Waals surface area contributed by atoms with Crippen LogP contribution in [-0.2, 0) is 5.41 Å². The molecule has 126 valence electrons. The molecule has 4 rings (SSSR count). The van der Waals surface area contributed by atoms with Gasteiger partial charge in [0, 0.05) is 11.1 Å². The zero-order valence-electron chi connectivity index (χ0n) is 14.3. The Balaban J connectivity index is 1.80. The van der Waals surface area contributed by atoms with Crippen molar-refractivity contribution >= 4 is 33.3 Å². The molecule has 0 amide bonds. The number of nitrogens with zero attached hydrogens (tertiary/aromatic N) is 4. The summed E-state index contributed by atoms with van der Waals surface area (Å²) in [6.07, 6.45) is 0. The largest absolute Gasteiger partial charge is 0.273 e. The third-order valence-corrected chi connectivity index (χ3v) is 5.82. The number of thiazole rings is 1. The average Bonchev–Trinajstić information content (AvgIpc) is 3.19. The Kier molecular flexibility index (Phi) is 4.09. The molecule has 0 atom stereocenters. The maximum atomic E-state index is 4.71.